The van der Waals surface area contributed by atoms with Crippen LogP contribution in [-0.4, -0.2) is 26.9 Å². The molecular weight excluding hydrogens is 451 g/mol. The molecule has 5 rings (SSSR count). The normalized spacial score (nSPS) is 11.6. The van der Waals surface area contributed by atoms with Crippen molar-refractivity contribution in [2.75, 3.05) is 0 Å². The molecule has 0 atom stereocenters. The largest absolute Gasteiger partial charge is 0.327 e. The standard InChI is InChI=1S/C19H22N2Si.C13H13B/c1-16(2)22-19(21-14-13-20-15-21,17-9-5-3-6-10-17)18-11-7-4-8-12-18;14-13(11-7-3-1-4-8-11)12-9-5-2-6-10-12/h3-16H,22H2,1-2H3;1-10,13H,14H2. The Hall–Kier alpha value is -3.63. The van der Waals surface area contributed by atoms with Gasteiger partial charge >= 0.3 is 0 Å². The highest BCUT2D eigenvalue weighted by Crippen LogP contribution is 2.35. The third kappa shape index (κ3) is 5.95. The number of benzene rings is 4. The van der Waals surface area contributed by atoms with Gasteiger partial charge in [-0.15, -0.1) is 0 Å². The van der Waals surface area contributed by atoms with Gasteiger partial charge in [-0.05, 0) is 28.1 Å². The summed E-state index contributed by atoms with van der Waals surface area (Å²) in [4.78, 5) is 4.33. The number of aromatic nitrogens is 2. The van der Waals surface area contributed by atoms with Crippen molar-refractivity contribution in [3.63, 3.8) is 0 Å². The molecule has 1 aromatic heterocycles. The van der Waals surface area contributed by atoms with Gasteiger partial charge < -0.3 is 4.57 Å². The minimum Gasteiger partial charge on any atom is -0.327 e. The van der Waals surface area contributed by atoms with Gasteiger partial charge in [-0.2, -0.15) is 0 Å². The third-order valence-corrected chi connectivity index (χ3v) is 9.34. The molecule has 0 aliphatic heterocycles. The summed E-state index contributed by atoms with van der Waals surface area (Å²) in [6, 6.07) is 42.9. The van der Waals surface area contributed by atoms with Gasteiger partial charge in [0.2, 0.25) is 0 Å². The second kappa shape index (κ2) is 12.4. The van der Waals surface area contributed by atoms with Gasteiger partial charge in [0.25, 0.3) is 0 Å². The molecule has 0 N–H and O–H groups in total. The fraction of sp³-hybridized carbons (Fsp3) is 0.156. The lowest BCUT2D eigenvalue weighted by Gasteiger charge is -2.38. The van der Waals surface area contributed by atoms with E-state index in [0.717, 1.165) is 0 Å². The molecule has 0 fully saturated rings. The molecule has 4 heteroatoms. The van der Waals surface area contributed by atoms with Crippen LogP contribution in [0.2, 0.25) is 5.54 Å². The molecule has 0 unspecified atom stereocenters. The summed E-state index contributed by atoms with van der Waals surface area (Å²) in [5.74, 6) is 0.484. The second-order valence-electron chi connectivity index (χ2n) is 9.70. The minimum atomic E-state index is -0.489. The molecular formula is C32H35BN2Si. The predicted molar refractivity (Wildman–Crippen MR) is 158 cm³/mol. The molecule has 1 heterocycles. The molecule has 2 nitrogen and oxygen atoms in total. The van der Waals surface area contributed by atoms with E-state index in [2.05, 4.69) is 159 Å². The molecule has 0 bridgehead atoms. The van der Waals surface area contributed by atoms with E-state index in [4.69, 9.17) is 0 Å². The van der Waals surface area contributed by atoms with Gasteiger partial charge in [-0.3, -0.25) is 0 Å². The molecule has 0 saturated carbocycles. The minimum absolute atomic E-state index is 0.0762. The quantitative estimate of drug-likeness (QED) is 0.257. The van der Waals surface area contributed by atoms with Crippen LogP contribution in [0.5, 0.6) is 0 Å². The Kier molecular flexibility index (Phi) is 8.75. The van der Waals surface area contributed by atoms with E-state index in [0.29, 0.717) is 11.4 Å². The monoisotopic (exact) mass is 486 g/mol. The topological polar surface area (TPSA) is 17.8 Å². The fourth-order valence-electron chi connectivity index (χ4n) is 4.99. The van der Waals surface area contributed by atoms with E-state index >= 15 is 0 Å². The Morgan fingerprint density at radius 2 is 1.08 bits per heavy atom. The summed E-state index contributed by atoms with van der Waals surface area (Å²) in [7, 11) is 1.75. The van der Waals surface area contributed by atoms with Crippen LogP contribution in [0, 0.1) is 0 Å². The Morgan fingerprint density at radius 1 is 0.667 bits per heavy atom. The van der Waals surface area contributed by atoms with E-state index in [1.54, 1.807) is 0 Å². The highest BCUT2D eigenvalue weighted by molar-refractivity contribution is 6.43. The van der Waals surface area contributed by atoms with Crippen molar-refractivity contribution in [3.8, 4) is 0 Å². The molecule has 36 heavy (non-hydrogen) atoms. The van der Waals surface area contributed by atoms with Crippen LogP contribution in [0.4, 0.5) is 0 Å². The van der Waals surface area contributed by atoms with Crippen molar-refractivity contribution in [1.82, 2.24) is 9.55 Å². The summed E-state index contributed by atoms with van der Waals surface area (Å²) in [6.45, 7) is 4.67. The molecule has 0 amide bonds. The first-order valence-electron chi connectivity index (χ1n) is 12.8. The van der Waals surface area contributed by atoms with Crippen molar-refractivity contribution >= 4 is 17.4 Å². The third-order valence-electron chi connectivity index (χ3n) is 6.75. The molecule has 0 radical (unpaired) electrons. The number of nitrogens with zero attached hydrogens (tertiary/aromatic N) is 2. The number of hydrogen-bond donors (Lipinski definition) is 0. The first-order chi connectivity index (χ1) is 17.6. The van der Waals surface area contributed by atoms with Crippen molar-refractivity contribution in [3.05, 3.63) is 162 Å². The van der Waals surface area contributed by atoms with Crippen LogP contribution in [0.1, 0.15) is 41.9 Å². The summed E-state index contributed by atoms with van der Waals surface area (Å²) in [6.07, 6.45) is 5.96. The Morgan fingerprint density at radius 3 is 1.44 bits per heavy atom. The lowest BCUT2D eigenvalue weighted by molar-refractivity contribution is 0.585. The Labute approximate surface area is 219 Å². The van der Waals surface area contributed by atoms with Gasteiger partial charge in [-0.25, -0.2) is 4.98 Å². The average Bonchev–Trinajstić information content (AvgIpc) is 3.49. The van der Waals surface area contributed by atoms with Crippen molar-refractivity contribution in [2.45, 2.75) is 30.4 Å². The highest BCUT2D eigenvalue weighted by atomic mass is 28.2. The lowest BCUT2D eigenvalue weighted by Crippen LogP contribution is -2.42. The molecule has 5 aromatic rings. The van der Waals surface area contributed by atoms with Gasteiger partial charge in [0.1, 0.15) is 7.85 Å². The summed E-state index contributed by atoms with van der Waals surface area (Å²) in [5.41, 5.74) is 6.17. The van der Waals surface area contributed by atoms with Gasteiger partial charge in [0.05, 0.1) is 21.0 Å². The van der Waals surface area contributed by atoms with Crippen LogP contribution in [-0.2, 0) is 5.16 Å². The van der Waals surface area contributed by atoms with Crippen LogP contribution in [0.25, 0.3) is 0 Å². The Bertz CT molecular complexity index is 1200. The summed E-state index contributed by atoms with van der Waals surface area (Å²) >= 11 is 0. The zero-order valence-corrected chi connectivity index (χ0v) is 22.9. The van der Waals surface area contributed by atoms with Gasteiger partial charge in [-0.1, -0.05) is 141 Å². The number of rotatable bonds is 7. The molecule has 0 aliphatic carbocycles. The van der Waals surface area contributed by atoms with Crippen molar-refractivity contribution in [2.24, 2.45) is 0 Å². The molecule has 180 valence electrons. The maximum Gasteiger partial charge on any atom is 0.116 e. The predicted octanol–water partition coefficient (Wildman–Crippen LogP) is 6.04. The smallest absolute Gasteiger partial charge is 0.116 e. The van der Waals surface area contributed by atoms with Gasteiger partial charge in [0, 0.05) is 12.4 Å². The number of imidazole rings is 1. The second-order valence-corrected chi connectivity index (χ2v) is 12.8. The maximum atomic E-state index is 4.33. The molecule has 0 aliphatic rings. The van der Waals surface area contributed by atoms with Gasteiger partial charge in [0.15, 0.2) is 0 Å². The first kappa shape index (κ1) is 25.5. The van der Waals surface area contributed by atoms with Crippen LogP contribution in [0.3, 0.4) is 0 Å². The summed E-state index contributed by atoms with van der Waals surface area (Å²) in [5, 5.41) is -0.0762. The van der Waals surface area contributed by atoms with Crippen LogP contribution in [0.15, 0.2) is 140 Å². The lowest BCUT2D eigenvalue weighted by atomic mass is 9.76. The van der Waals surface area contributed by atoms with E-state index < -0.39 is 9.52 Å². The molecule has 0 spiro atoms. The fourth-order valence-corrected chi connectivity index (χ4v) is 7.51. The van der Waals surface area contributed by atoms with E-state index in [9.17, 15) is 0 Å². The van der Waals surface area contributed by atoms with E-state index in [1.807, 2.05) is 12.5 Å². The van der Waals surface area contributed by atoms with Crippen molar-refractivity contribution < 1.29 is 0 Å². The number of hydrogen-bond acceptors (Lipinski definition) is 1. The van der Waals surface area contributed by atoms with Crippen molar-refractivity contribution in [1.29, 1.82) is 0 Å². The highest BCUT2D eigenvalue weighted by Gasteiger charge is 2.36. The summed E-state index contributed by atoms with van der Waals surface area (Å²) < 4.78 is 2.31. The first-order valence-corrected chi connectivity index (χ1v) is 14.3. The average molecular weight is 487 g/mol. The molecule has 4 aromatic carbocycles. The van der Waals surface area contributed by atoms with E-state index in [-0.39, 0.29) is 5.16 Å². The maximum absolute atomic E-state index is 4.33. The SMILES string of the molecule is BC(c1ccccc1)c1ccccc1.CC(C)[SiH2]C(c1ccccc1)(c1ccccc1)n1ccnc1. The van der Waals surface area contributed by atoms with Crippen LogP contribution >= 0.6 is 0 Å². The zero-order chi connectivity index (χ0) is 25.2. The zero-order valence-electron chi connectivity index (χ0n) is 21.5. The Balaban J connectivity index is 0.000000187. The molecule has 0 saturated heterocycles. The van der Waals surface area contributed by atoms with Crippen LogP contribution < -0.4 is 0 Å². The van der Waals surface area contributed by atoms with E-state index in [1.165, 1.54) is 22.3 Å².